The van der Waals surface area contributed by atoms with Crippen molar-refractivity contribution in [2.75, 3.05) is 6.61 Å². The monoisotopic (exact) mass is 290 g/mol. The van der Waals surface area contributed by atoms with Crippen LogP contribution in [0.25, 0.3) is 0 Å². The SMILES string of the molecule is CC(C)COc1cc(Br)cc(C(=O)O)c1F. The third kappa shape index (κ3) is 3.20. The summed E-state index contributed by atoms with van der Waals surface area (Å²) in [4.78, 5) is 10.7. The van der Waals surface area contributed by atoms with Crippen LogP contribution in [0.2, 0.25) is 0 Å². The van der Waals surface area contributed by atoms with E-state index in [0.717, 1.165) is 0 Å². The van der Waals surface area contributed by atoms with Crippen molar-refractivity contribution in [2.45, 2.75) is 13.8 Å². The molecule has 0 aromatic heterocycles. The molecule has 0 atom stereocenters. The molecule has 0 unspecified atom stereocenters. The van der Waals surface area contributed by atoms with Crippen molar-refractivity contribution >= 4 is 21.9 Å². The van der Waals surface area contributed by atoms with Crippen LogP contribution in [-0.4, -0.2) is 17.7 Å². The summed E-state index contributed by atoms with van der Waals surface area (Å²) in [5.41, 5.74) is -0.395. The van der Waals surface area contributed by atoms with E-state index in [2.05, 4.69) is 15.9 Å². The molecule has 0 amide bonds. The van der Waals surface area contributed by atoms with Crippen molar-refractivity contribution in [3.63, 3.8) is 0 Å². The van der Waals surface area contributed by atoms with Crippen LogP contribution in [-0.2, 0) is 0 Å². The summed E-state index contributed by atoms with van der Waals surface area (Å²) >= 11 is 3.11. The summed E-state index contributed by atoms with van der Waals surface area (Å²) in [5, 5.41) is 8.78. The molecule has 0 heterocycles. The number of hydrogen-bond acceptors (Lipinski definition) is 2. The van der Waals surface area contributed by atoms with E-state index < -0.39 is 17.3 Å². The van der Waals surface area contributed by atoms with Crippen LogP contribution in [0.3, 0.4) is 0 Å². The van der Waals surface area contributed by atoms with Crippen LogP contribution in [0.15, 0.2) is 16.6 Å². The molecule has 0 saturated carbocycles. The minimum Gasteiger partial charge on any atom is -0.490 e. The first-order chi connectivity index (χ1) is 7.41. The normalized spacial score (nSPS) is 10.6. The largest absolute Gasteiger partial charge is 0.490 e. The Labute approximate surface area is 101 Å². The first kappa shape index (κ1) is 13.0. The Kier molecular flexibility index (Phi) is 4.29. The van der Waals surface area contributed by atoms with E-state index in [9.17, 15) is 9.18 Å². The number of carboxylic acids is 1. The number of rotatable bonds is 4. The van der Waals surface area contributed by atoms with Gasteiger partial charge in [0.1, 0.15) is 5.56 Å². The highest BCUT2D eigenvalue weighted by Gasteiger charge is 2.16. The first-order valence-electron chi connectivity index (χ1n) is 4.77. The van der Waals surface area contributed by atoms with Crippen molar-refractivity contribution in [3.8, 4) is 5.75 Å². The van der Waals surface area contributed by atoms with Gasteiger partial charge in [0.15, 0.2) is 11.6 Å². The first-order valence-corrected chi connectivity index (χ1v) is 5.56. The lowest BCUT2D eigenvalue weighted by Crippen LogP contribution is -2.08. The second kappa shape index (κ2) is 5.30. The molecule has 0 saturated heterocycles. The van der Waals surface area contributed by atoms with Gasteiger partial charge in [-0.1, -0.05) is 29.8 Å². The molecule has 0 aliphatic carbocycles. The third-order valence-electron chi connectivity index (χ3n) is 1.81. The molecule has 0 fully saturated rings. The van der Waals surface area contributed by atoms with Crippen LogP contribution < -0.4 is 4.74 Å². The lowest BCUT2D eigenvalue weighted by molar-refractivity contribution is 0.0690. The number of carbonyl (C=O) groups is 1. The molecule has 0 aliphatic rings. The Morgan fingerprint density at radius 3 is 2.69 bits per heavy atom. The predicted octanol–water partition coefficient (Wildman–Crippen LogP) is 3.32. The van der Waals surface area contributed by atoms with Gasteiger partial charge in [0, 0.05) is 4.47 Å². The Hall–Kier alpha value is -1.10. The minimum atomic E-state index is -1.31. The molecule has 1 aromatic rings. The highest BCUT2D eigenvalue weighted by molar-refractivity contribution is 9.10. The van der Waals surface area contributed by atoms with E-state index in [-0.39, 0.29) is 11.7 Å². The van der Waals surface area contributed by atoms with Gasteiger partial charge in [-0.25, -0.2) is 9.18 Å². The van der Waals surface area contributed by atoms with E-state index in [1.54, 1.807) is 0 Å². The molecule has 1 rings (SSSR count). The average Bonchev–Trinajstić information content (AvgIpc) is 2.18. The zero-order valence-corrected chi connectivity index (χ0v) is 10.5. The maximum absolute atomic E-state index is 13.6. The molecule has 1 N–H and O–H groups in total. The summed E-state index contributed by atoms with van der Waals surface area (Å²) in [5.74, 6) is -1.95. The maximum atomic E-state index is 13.6. The summed E-state index contributed by atoms with van der Waals surface area (Å²) in [6, 6.07) is 2.63. The zero-order valence-electron chi connectivity index (χ0n) is 8.96. The third-order valence-corrected chi connectivity index (χ3v) is 2.26. The summed E-state index contributed by atoms with van der Waals surface area (Å²) in [7, 11) is 0. The highest BCUT2D eigenvalue weighted by atomic mass is 79.9. The fourth-order valence-electron chi connectivity index (χ4n) is 1.08. The van der Waals surface area contributed by atoms with Crippen LogP contribution in [0.1, 0.15) is 24.2 Å². The number of halogens is 2. The fourth-order valence-corrected chi connectivity index (χ4v) is 1.52. The Bertz CT molecular complexity index is 404. The van der Waals surface area contributed by atoms with Gasteiger partial charge in [0.25, 0.3) is 0 Å². The van der Waals surface area contributed by atoms with Gasteiger partial charge in [0.2, 0.25) is 0 Å². The molecule has 0 spiro atoms. The Morgan fingerprint density at radius 1 is 1.56 bits per heavy atom. The molecule has 1 aromatic carbocycles. The van der Waals surface area contributed by atoms with Crippen LogP contribution in [0.4, 0.5) is 4.39 Å². The average molecular weight is 291 g/mol. The second-order valence-electron chi connectivity index (χ2n) is 3.78. The van der Waals surface area contributed by atoms with Gasteiger partial charge >= 0.3 is 5.97 Å². The van der Waals surface area contributed by atoms with Crippen molar-refractivity contribution in [1.29, 1.82) is 0 Å². The van der Waals surface area contributed by atoms with Gasteiger partial charge in [0.05, 0.1) is 6.61 Å². The molecule has 0 radical (unpaired) electrons. The van der Waals surface area contributed by atoms with E-state index in [1.165, 1.54) is 12.1 Å². The van der Waals surface area contributed by atoms with Crippen molar-refractivity contribution < 1.29 is 19.0 Å². The van der Waals surface area contributed by atoms with Crippen molar-refractivity contribution in [1.82, 2.24) is 0 Å². The molecular formula is C11H12BrFO3. The van der Waals surface area contributed by atoms with E-state index in [4.69, 9.17) is 9.84 Å². The molecule has 3 nitrogen and oxygen atoms in total. The molecule has 0 aliphatic heterocycles. The fraction of sp³-hybridized carbons (Fsp3) is 0.364. The number of ether oxygens (including phenoxy) is 1. The maximum Gasteiger partial charge on any atom is 0.338 e. The van der Waals surface area contributed by atoms with Crippen LogP contribution >= 0.6 is 15.9 Å². The molecule has 88 valence electrons. The standard InChI is InChI=1S/C11H12BrFO3/c1-6(2)5-16-9-4-7(12)3-8(10(9)13)11(14)15/h3-4,6H,5H2,1-2H3,(H,14,15). The number of hydrogen-bond donors (Lipinski definition) is 1. The number of carboxylic acid groups (broad SMARTS) is 1. The van der Waals surface area contributed by atoms with Crippen molar-refractivity contribution in [3.05, 3.63) is 28.0 Å². The molecule has 16 heavy (non-hydrogen) atoms. The summed E-state index contributed by atoms with van der Waals surface area (Å²) in [6.45, 7) is 4.19. The Morgan fingerprint density at radius 2 is 2.19 bits per heavy atom. The highest BCUT2D eigenvalue weighted by Crippen LogP contribution is 2.26. The van der Waals surface area contributed by atoms with Gasteiger partial charge in [-0.05, 0) is 18.1 Å². The lowest BCUT2D eigenvalue weighted by atomic mass is 10.2. The Balaban J connectivity index is 3.04. The van der Waals surface area contributed by atoms with Crippen LogP contribution in [0, 0.1) is 11.7 Å². The summed E-state index contributed by atoms with van der Waals surface area (Å²) in [6.07, 6.45) is 0. The molecule has 5 heteroatoms. The second-order valence-corrected chi connectivity index (χ2v) is 4.69. The summed E-state index contributed by atoms with van der Waals surface area (Å²) < 4.78 is 19.3. The number of aromatic carboxylic acids is 1. The van der Waals surface area contributed by atoms with Crippen molar-refractivity contribution in [2.24, 2.45) is 5.92 Å². The van der Waals surface area contributed by atoms with Gasteiger partial charge < -0.3 is 9.84 Å². The minimum absolute atomic E-state index is 0.0412. The zero-order chi connectivity index (χ0) is 12.3. The van der Waals surface area contributed by atoms with E-state index in [1.807, 2.05) is 13.8 Å². The smallest absolute Gasteiger partial charge is 0.338 e. The van der Waals surface area contributed by atoms with Crippen LogP contribution in [0.5, 0.6) is 5.75 Å². The van der Waals surface area contributed by atoms with Gasteiger partial charge in [-0.15, -0.1) is 0 Å². The predicted molar refractivity (Wildman–Crippen MR) is 61.4 cm³/mol. The lowest BCUT2D eigenvalue weighted by Gasteiger charge is -2.11. The van der Waals surface area contributed by atoms with Gasteiger partial charge in [-0.2, -0.15) is 0 Å². The quantitative estimate of drug-likeness (QED) is 0.925. The molecular weight excluding hydrogens is 279 g/mol. The molecule has 0 bridgehead atoms. The number of benzene rings is 1. The topological polar surface area (TPSA) is 46.5 Å². The van der Waals surface area contributed by atoms with E-state index >= 15 is 0 Å². The van der Waals surface area contributed by atoms with E-state index in [0.29, 0.717) is 11.1 Å². The van der Waals surface area contributed by atoms with Gasteiger partial charge in [-0.3, -0.25) is 0 Å².